The van der Waals surface area contributed by atoms with Crippen LogP contribution in [0.1, 0.15) is 31.7 Å². The number of nitrogens with one attached hydrogen (secondary N) is 1. The molecule has 6 heteroatoms. The Hall–Kier alpha value is -2.60. The maximum Gasteiger partial charge on any atom is 0.277 e. The molecule has 0 saturated carbocycles. The molecule has 0 spiro atoms. The lowest BCUT2D eigenvalue weighted by molar-refractivity contribution is -0.113. The van der Waals surface area contributed by atoms with Crippen molar-refractivity contribution in [3.63, 3.8) is 0 Å². The Bertz CT molecular complexity index is 864. The Morgan fingerprint density at radius 1 is 1.12 bits per heavy atom. The third kappa shape index (κ3) is 4.52. The number of hydrogen-bond acceptors (Lipinski definition) is 5. The summed E-state index contributed by atoms with van der Waals surface area (Å²) in [6.07, 6.45) is 1.02. The monoisotopic (exact) mass is 367 g/mol. The van der Waals surface area contributed by atoms with E-state index in [9.17, 15) is 4.79 Å². The highest BCUT2D eigenvalue weighted by molar-refractivity contribution is 7.99. The topological polar surface area (TPSA) is 68.0 Å². The standard InChI is InChI=1S/C20H21N3O2S/c1-3-14(2)16-11-7-8-12-17(16)21-18(24)13-26-20-23-22-19(25-20)15-9-5-4-6-10-15/h4-12,14H,3,13H2,1-2H3,(H,21,24)/t14-/m0/s1. The molecule has 0 fully saturated rings. The Morgan fingerprint density at radius 2 is 1.85 bits per heavy atom. The number of aromatic nitrogens is 2. The molecule has 0 bridgehead atoms. The molecule has 0 aliphatic rings. The Morgan fingerprint density at radius 3 is 2.62 bits per heavy atom. The molecule has 0 radical (unpaired) electrons. The number of thioether (sulfide) groups is 1. The van der Waals surface area contributed by atoms with Gasteiger partial charge in [0.25, 0.3) is 5.22 Å². The largest absolute Gasteiger partial charge is 0.411 e. The van der Waals surface area contributed by atoms with Gasteiger partial charge in [0.1, 0.15) is 0 Å². The van der Waals surface area contributed by atoms with Crippen LogP contribution in [-0.4, -0.2) is 21.9 Å². The maximum absolute atomic E-state index is 12.3. The second-order valence-corrected chi connectivity index (χ2v) is 6.90. The normalized spacial score (nSPS) is 11.9. The lowest BCUT2D eigenvalue weighted by atomic mass is 9.97. The van der Waals surface area contributed by atoms with E-state index in [1.165, 1.54) is 11.8 Å². The van der Waals surface area contributed by atoms with Crippen molar-refractivity contribution in [1.82, 2.24) is 10.2 Å². The van der Waals surface area contributed by atoms with Gasteiger partial charge in [-0.05, 0) is 36.1 Å². The lowest BCUT2D eigenvalue weighted by Gasteiger charge is -2.15. The molecule has 1 atom stereocenters. The van der Waals surface area contributed by atoms with Crippen LogP contribution in [0.5, 0.6) is 0 Å². The SMILES string of the molecule is CC[C@H](C)c1ccccc1NC(=O)CSc1nnc(-c2ccccc2)o1. The smallest absolute Gasteiger partial charge is 0.277 e. The fourth-order valence-corrected chi connectivity index (χ4v) is 3.10. The van der Waals surface area contributed by atoms with E-state index in [1.54, 1.807) is 0 Å². The minimum Gasteiger partial charge on any atom is -0.411 e. The first-order valence-electron chi connectivity index (χ1n) is 8.58. The molecular weight excluding hydrogens is 346 g/mol. The van der Waals surface area contributed by atoms with Crippen LogP contribution >= 0.6 is 11.8 Å². The summed E-state index contributed by atoms with van der Waals surface area (Å²) in [4.78, 5) is 12.3. The molecule has 3 rings (SSSR count). The van der Waals surface area contributed by atoms with Crippen molar-refractivity contribution in [1.29, 1.82) is 0 Å². The van der Waals surface area contributed by atoms with E-state index in [0.717, 1.165) is 23.2 Å². The molecule has 3 aromatic rings. The van der Waals surface area contributed by atoms with E-state index in [-0.39, 0.29) is 11.7 Å². The van der Waals surface area contributed by atoms with E-state index in [0.29, 0.717) is 17.0 Å². The molecule has 1 aromatic heterocycles. The average Bonchev–Trinajstić information content (AvgIpc) is 3.16. The summed E-state index contributed by atoms with van der Waals surface area (Å²) in [6.45, 7) is 4.29. The number of rotatable bonds is 7. The van der Waals surface area contributed by atoms with Gasteiger partial charge in [-0.3, -0.25) is 4.79 Å². The first-order chi connectivity index (χ1) is 12.7. The highest BCUT2D eigenvalue weighted by Gasteiger charge is 2.13. The van der Waals surface area contributed by atoms with E-state index < -0.39 is 0 Å². The summed E-state index contributed by atoms with van der Waals surface area (Å²) in [5.41, 5.74) is 2.87. The van der Waals surface area contributed by atoms with Gasteiger partial charge in [0.05, 0.1) is 5.75 Å². The molecule has 0 aliphatic carbocycles. The summed E-state index contributed by atoms with van der Waals surface area (Å²) >= 11 is 1.23. The molecule has 1 heterocycles. The zero-order valence-electron chi connectivity index (χ0n) is 14.8. The Kier molecular flexibility index (Phi) is 6.07. The van der Waals surface area contributed by atoms with Crippen molar-refractivity contribution in [2.24, 2.45) is 0 Å². The van der Waals surface area contributed by atoms with Crippen LogP contribution < -0.4 is 5.32 Å². The molecule has 1 N–H and O–H groups in total. The first-order valence-corrected chi connectivity index (χ1v) is 9.56. The second kappa shape index (κ2) is 8.67. The molecular formula is C20H21N3O2S. The number of carbonyl (C=O) groups is 1. The van der Waals surface area contributed by atoms with Gasteiger partial charge in [0, 0.05) is 11.3 Å². The van der Waals surface area contributed by atoms with Crippen molar-refractivity contribution in [3.8, 4) is 11.5 Å². The van der Waals surface area contributed by atoms with Crippen molar-refractivity contribution in [3.05, 3.63) is 60.2 Å². The summed E-state index contributed by atoms with van der Waals surface area (Å²) in [5, 5.41) is 11.4. The van der Waals surface area contributed by atoms with Crippen molar-refractivity contribution < 1.29 is 9.21 Å². The van der Waals surface area contributed by atoms with Gasteiger partial charge >= 0.3 is 0 Å². The zero-order valence-corrected chi connectivity index (χ0v) is 15.6. The molecule has 1 amide bonds. The molecule has 134 valence electrons. The minimum absolute atomic E-state index is 0.0924. The number of amides is 1. The summed E-state index contributed by atoms with van der Waals surface area (Å²) in [7, 11) is 0. The van der Waals surface area contributed by atoms with Crippen molar-refractivity contribution >= 4 is 23.4 Å². The van der Waals surface area contributed by atoms with Crippen molar-refractivity contribution in [2.45, 2.75) is 31.4 Å². The second-order valence-electron chi connectivity index (χ2n) is 5.97. The summed E-state index contributed by atoms with van der Waals surface area (Å²) < 4.78 is 5.61. The van der Waals surface area contributed by atoms with Gasteiger partial charge in [-0.2, -0.15) is 0 Å². The third-order valence-corrected chi connectivity index (χ3v) is 4.95. The van der Waals surface area contributed by atoms with Gasteiger partial charge in [-0.15, -0.1) is 10.2 Å². The van der Waals surface area contributed by atoms with Crippen LogP contribution in [0.3, 0.4) is 0 Å². The molecule has 5 nitrogen and oxygen atoms in total. The van der Waals surface area contributed by atoms with Gasteiger partial charge in [0.2, 0.25) is 11.8 Å². The van der Waals surface area contributed by atoms with Crippen LogP contribution in [0.15, 0.2) is 64.2 Å². The summed E-state index contributed by atoms with van der Waals surface area (Å²) in [5.74, 6) is 0.968. The number of nitrogens with zero attached hydrogens (tertiary/aromatic N) is 2. The van der Waals surface area contributed by atoms with E-state index in [4.69, 9.17) is 4.42 Å². The lowest BCUT2D eigenvalue weighted by Crippen LogP contribution is -2.15. The van der Waals surface area contributed by atoms with Gasteiger partial charge in [-0.25, -0.2) is 0 Å². The summed E-state index contributed by atoms with van der Waals surface area (Å²) in [6, 6.07) is 17.5. The van der Waals surface area contributed by atoms with E-state index >= 15 is 0 Å². The van der Waals surface area contributed by atoms with Gasteiger partial charge in [-0.1, -0.05) is 62.0 Å². The van der Waals surface area contributed by atoms with Crippen LogP contribution in [0.4, 0.5) is 5.69 Å². The molecule has 0 unspecified atom stereocenters. The predicted molar refractivity (Wildman–Crippen MR) is 104 cm³/mol. The number of hydrogen-bond donors (Lipinski definition) is 1. The third-order valence-electron chi connectivity index (χ3n) is 4.13. The van der Waals surface area contributed by atoms with Crippen LogP contribution in [-0.2, 0) is 4.79 Å². The maximum atomic E-state index is 12.3. The Balaban J connectivity index is 1.59. The Labute approximate surface area is 157 Å². The average molecular weight is 367 g/mol. The predicted octanol–water partition coefficient (Wildman–Crippen LogP) is 4.98. The minimum atomic E-state index is -0.0924. The van der Waals surface area contributed by atoms with Gasteiger partial charge < -0.3 is 9.73 Å². The van der Waals surface area contributed by atoms with E-state index in [2.05, 4.69) is 35.4 Å². The molecule has 0 saturated heterocycles. The fourth-order valence-electron chi connectivity index (χ4n) is 2.54. The van der Waals surface area contributed by atoms with Crippen molar-refractivity contribution in [2.75, 3.05) is 11.1 Å². The fraction of sp³-hybridized carbons (Fsp3) is 0.250. The molecule has 26 heavy (non-hydrogen) atoms. The first kappa shape index (κ1) is 18.2. The zero-order chi connectivity index (χ0) is 18.4. The number of para-hydroxylation sites is 1. The van der Waals surface area contributed by atoms with Gasteiger partial charge in [0.15, 0.2) is 0 Å². The number of benzene rings is 2. The molecule has 2 aromatic carbocycles. The highest BCUT2D eigenvalue weighted by Crippen LogP contribution is 2.27. The number of carbonyl (C=O) groups excluding carboxylic acids is 1. The number of anilines is 1. The van der Waals surface area contributed by atoms with E-state index in [1.807, 2.05) is 48.5 Å². The van der Waals surface area contributed by atoms with Crippen LogP contribution in [0.2, 0.25) is 0 Å². The molecule has 0 aliphatic heterocycles. The highest BCUT2D eigenvalue weighted by atomic mass is 32.2. The van der Waals surface area contributed by atoms with Crippen LogP contribution in [0, 0.1) is 0 Å². The quantitative estimate of drug-likeness (QED) is 0.596. The van der Waals surface area contributed by atoms with Crippen LogP contribution in [0.25, 0.3) is 11.5 Å².